The molecule has 0 aliphatic carbocycles. The largest absolute Gasteiger partial charge is 0.381 e. The van der Waals surface area contributed by atoms with Gasteiger partial charge in [0.1, 0.15) is 11.4 Å². The van der Waals surface area contributed by atoms with Gasteiger partial charge in [-0.2, -0.15) is 0 Å². The van der Waals surface area contributed by atoms with Gasteiger partial charge >= 0.3 is 0 Å². The van der Waals surface area contributed by atoms with Crippen LogP contribution in [0.2, 0.25) is 0 Å². The highest BCUT2D eigenvalue weighted by atomic mass is 19.1. The quantitative estimate of drug-likeness (QED) is 0.863. The fourth-order valence-corrected chi connectivity index (χ4v) is 1.60. The highest BCUT2D eigenvalue weighted by Gasteiger charge is 2.26. The zero-order valence-electron chi connectivity index (χ0n) is 9.68. The zero-order chi connectivity index (χ0) is 12.5. The molecule has 1 unspecified atom stereocenters. The van der Waals surface area contributed by atoms with Gasteiger partial charge in [-0.15, -0.1) is 0 Å². The lowest BCUT2D eigenvalue weighted by Gasteiger charge is -2.23. The summed E-state index contributed by atoms with van der Waals surface area (Å²) in [5.41, 5.74) is 0.580. The predicted octanol–water partition coefficient (Wildman–Crippen LogP) is 2.18. The molecule has 0 saturated carbocycles. The van der Waals surface area contributed by atoms with Crippen LogP contribution in [0.1, 0.15) is 23.7 Å². The Balaban J connectivity index is 2.45. The van der Waals surface area contributed by atoms with Crippen molar-refractivity contribution >= 4 is 0 Å². The van der Waals surface area contributed by atoms with E-state index in [0.717, 1.165) is 11.9 Å². The van der Waals surface area contributed by atoms with Crippen molar-refractivity contribution in [3.8, 4) is 0 Å². The molecule has 0 saturated heterocycles. The second-order valence-electron chi connectivity index (χ2n) is 4.15. The van der Waals surface area contributed by atoms with E-state index in [1.807, 2.05) is 6.92 Å². The number of aryl methyl sites for hydroxylation is 1. The molecule has 0 amide bonds. The number of nitrogens with zero attached hydrogens (tertiary/aromatic N) is 2. The van der Waals surface area contributed by atoms with E-state index in [0.29, 0.717) is 11.1 Å². The molecule has 1 N–H and O–H groups in total. The first-order valence-electron chi connectivity index (χ1n) is 5.26. The lowest BCUT2D eigenvalue weighted by molar-refractivity contribution is 0.101. The van der Waals surface area contributed by atoms with E-state index in [2.05, 4.69) is 9.97 Å². The molecule has 3 nitrogen and oxygen atoms in total. The molecule has 0 aromatic carbocycles. The molecular formula is C13H13FN2O. The summed E-state index contributed by atoms with van der Waals surface area (Å²) in [6.45, 7) is 3.46. The Bertz CT molecular complexity index is 523. The van der Waals surface area contributed by atoms with Gasteiger partial charge in [-0.05, 0) is 26.0 Å². The first-order valence-corrected chi connectivity index (χ1v) is 5.26. The lowest BCUT2D eigenvalue weighted by atomic mass is 9.90. The molecular weight excluding hydrogens is 219 g/mol. The number of halogens is 1. The van der Waals surface area contributed by atoms with Crippen molar-refractivity contribution in [2.24, 2.45) is 0 Å². The number of rotatable bonds is 2. The van der Waals surface area contributed by atoms with Crippen molar-refractivity contribution in [3.05, 3.63) is 59.4 Å². The van der Waals surface area contributed by atoms with Gasteiger partial charge in [0, 0.05) is 29.2 Å². The summed E-state index contributed by atoms with van der Waals surface area (Å²) < 4.78 is 13.1. The maximum Gasteiger partial charge on any atom is 0.141 e. The van der Waals surface area contributed by atoms with Crippen LogP contribution in [0.15, 0.2) is 36.8 Å². The normalized spacial score (nSPS) is 14.4. The summed E-state index contributed by atoms with van der Waals surface area (Å²) in [5, 5.41) is 10.4. The Morgan fingerprint density at radius 3 is 2.53 bits per heavy atom. The van der Waals surface area contributed by atoms with Crippen molar-refractivity contribution in [1.82, 2.24) is 9.97 Å². The second-order valence-corrected chi connectivity index (χ2v) is 4.15. The van der Waals surface area contributed by atoms with Crippen molar-refractivity contribution in [3.63, 3.8) is 0 Å². The molecule has 1 atom stereocenters. The Hall–Kier alpha value is -1.81. The standard InChI is InChI=1S/C13H13FN2O/c1-9-3-4-10(7-16-9)13(2,17)11-5-12(14)8-15-6-11/h3-8,17H,1-2H3. The molecule has 2 rings (SSSR count). The average Bonchev–Trinajstić information content (AvgIpc) is 2.29. The average molecular weight is 232 g/mol. The van der Waals surface area contributed by atoms with Crippen LogP contribution in [0.25, 0.3) is 0 Å². The summed E-state index contributed by atoms with van der Waals surface area (Å²) >= 11 is 0. The van der Waals surface area contributed by atoms with Crippen LogP contribution in [0.5, 0.6) is 0 Å². The third-order valence-corrected chi connectivity index (χ3v) is 2.74. The molecule has 0 aliphatic rings. The first kappa shape index (κ1) is 11.7. The van der Waals surface area contributed by atoms with Gasteiger partial charge < -0.3 is 5.11 Å². The minimum Gasteiger partial charge on any atom is -0.381 e. The van der Waals surface area contributed by atoms with Gasteiger partial charge in [0.2, 0.25) is 0 Å². The molecule has 88 valence electrons. The summed E-state index contributed by atoms with van der Waals surface area (Å²) in [6, 6.07) is 4.84. The molecule has 17 heavy (non-hydrogen) atoms. The van der Waals surface area contributed by atoms with Crippen LogP contribution in [0, 0.1) is 12.7 Å². The van der Waals surface area contributed by atoms with Crippen LogP contribution in [0.3, 0.4) is 0 Å². The Labute approximate surface area is 99.0 Å². The molecule has 0 aliphatic heterocycles. The summed E-state index contributed by atoms with van der Waals surface area (Å²) in [6.07, 6.45) is 4.14. The highest BCUT2D eigenvalue weighted by molar-refractivity contribution is 5.32. The van der Waals surface area contributed by atoms with Gasteiger partial charge in [0.05, 0.1) is 6.20 Å². The number of pyridine rings is 2. The van der Waals surface area contributed by atoms with E-state index >= 15 is 0 Å². The first-order chi connectivity index (χ1) is 8.00. The molecule has 0 spiro atoms. The maximum atomic E-state index is 13.1. The molecule has 0 bridgehead atoms. The topological polar surface area (TPSA) is 46.0 Å². The molecule has 2 aromatic heterocycles. The van der Waals surface area contributed by atoms with E-state index in [4.69, 9.17) is 0 Å². The zero-order valence-corrected chi connectivity index (χ0v) is 9.68. The number of hydrogen-bond donors (Lipinski definition) is 1. The minimum atomic E-state index is -1.30. The van der Waals surface area contributed by atoms with Crippen LogP contribution in [-0.2, 0) is 5.60 Å². The summed E-state index contributed by atoms with van der Waals surface area (Å²) in [5.74, 6) is -0.470. The molecule has 0 fully saturated rings. The van der Waals surface area contributed by atoms with Crippen LogP contribution in [-0.4, -0.2) is 15.1 Å². The summed E-state index contributed by atoms with van der Waals surface area (Å²) in [7, 11) is 0. The Morgan fingerprint density at radius 1 is 1.18 bits per heavy atom. The SMILES string of the molecule is Cc1ccc(C(C)(O)c2cncc(F)c2)cn1. The van der Waals surface area contributed by atoms with Gasteiger partial charge in [0.25, 0.3) is 0 Å². The van der Waals surface area contributed by atoms with Crippen molar-refractivity contribution in [2.45, 2.75) is 19.4 Å². The van der Waals surface area contributed by atoms with Crippen molar-refractivity contribution < 1.29 is 9.50 Å². The maximum absolute atomic E-state index is 13.1. The molecule has 4 heteroatoms. The number of aromatic nitrogens is 2. The number of aliphatic hydroxyl groups is 1. The third kappa shape index (κ3) is 2.31. The fourth-order valence-electron chi connectivity index (χ4n) is 1.60. The molecule has 2 heterocycles. The van der Waals surface area contributed by atoms with E-state index in [-0.39, 0.29) is 0 Å². The van der Waals surface area contributed by atoms with E-state index < -0.39 is 11.4 Å². The van der Waals surface area contributed by atoms with Crippen LogP contribution >= 0.6 is 0 Å². The Morgan fingerprint density at radius 2 is 1.94 bits per heavy atom. The second kappa shape index (κ2) is 4.22. The van der Waals surface area contributed by atoms with Crippen molar-refractivity contribution in [2.75, 3.05) is 0 Å². The van der Waals surface area contributed by atoms with Crippen molar-refractivity contribution in [1.29, 1.82) is 0 Å². The van der Waals surface area contributed by atoms with E-state index in [1.54, 1.807) is 25.3 Å². The summed E-state index contributed by atoms with van der Waals surface area (Å²) in [4.78, 5) is 7.86. The fraction of sp³-hybridized carbons (Fsp3) is 0.231. The van der Waals surface area contributed by atoms with E-state index in [1.165, 1.54) is 12.3 Å². The van der Waals surface area contributed by atoms with Crippen LogP contribution in [0.4, 0.5) is 4.39 Å². The minimum absolute atomic E-state index is 0.406. The van der Waals surface area contributed by atoms with Gasteiger partial charge in [-0.25, -0.2) is 4.39 Å². The smallest absolute Gasteiger partial charge is 0.141 e. The molecule has 0 radical (unpaired) electrons. The molecule has 2 aromatic rings. The number of hydrogen-bond acceptors (Lipinski definition) is 3. The van der Waals surface area contributed by atoms with E-state index in [9.17, 15) is 9.50 Å². The third-order valence-electron chi connectivity index (χ3n) is 2.74. The van der Waals surface area contributed by atoms with Gasteiger partial charge in [0.15, 0.2) is 0 Å². The van der Waals surface area contributed by atoms with Gasteiger partial charge in [-0.3, -0.25) is 9.97 Å². The van der Waals surface area contributed by atoms with Crippen LogP contribution < -0.4 is 0 Å². The lowest BCUT2D eigenvalue weighted by Crippen LogP contribution is -2.23. The predicted molar refractivity (Wildman–Crippen MR) is 61.8 cm³/mol. The monoisotopic (exact) mass is 232 g/mol. The highest BCUT2D eigenvalue weighted by Crippen LogP contribution is 2.28. The van der Waals surface area contributed by atoms with Gasteiger partial charge in [-0.1, -0.05) is 6.07 Å². The Kier molecular flexibility index (Phi) is 2.90.